The third kappa shape index (κ3) is 2.57. The fourth-order valence-electron chi connectivity index (χ4n) is 1.08. The molecule has 1 amide bonds. The summed E-state index contributed by atoms with van der Waals surface area (Å²) < 4.78 is 0. The number of carbonyl (C=O) groups excluding carboxylic acids is 1. The van der Waals surface area contributed by atoms with Gasteiger partial charge in [-0.15, -0.1) is 11.3 Å². The van der Waals surface area contributed by atoms with Gasteiger partial charge < -0.3 is 10.4 Å². The molecule has 0 aliphatic rings. The van der Waals surface area contributed by atoms with E-state index in [1.165, 1.54) is 18.3 Å². The molecule has 1 heterocycles. The highest BCUT2D eigenvalue weighted by Crippen LogP contribution is 2.13. The summed E-state index contributed by atoms with van der Waals surface area (Å²) >= 11 is 1.36. The molecule has 1 rings (SSSR count). The van der Waals surface area contributed by atoms with Crippen LogP contribution in [-0.2, 0) is 4.79 Å². The molecule has 0 aromatic carbocycles. The molecule has 1 aromatic heterocycles. The molecule has 0 aliphatic carbocycles. The number of nitrogens with one attached hydrogen (secondary N) is 1. The van der Waals surface area contributed by atoms with E-state index in [1.54, 1.807) is 19.2 Å². The lowest BCUT2D eigenvalue weighted by atomic mass is 9.99. The smallest absolute Gasteiger partial charge is 0.329 e. The maximum absolute atomic E-state index is 11.7. The number of amides is 1. The zero-order chi connectivity index (χ0) is 12.3. The number of aromatic nitrogens is 1. The summed E-state index contributed by atoms with van der Waals surface area (Å²) in [7, 11) is 0. The fraction of sp³-hybridized carbons (Fsp3) is 0.500. The van der Waals surface area contributed by atoms with Gasteiger partial charge in [0.25, 0.3) is 5.91 Å². The van der Waals surface area contributed by atoms with Crippen molar-refractivity contribution < 1.29 is 14.7 Å². The van der Waals surface area contributed by atoms with E-state index < -0.39 is 17.4 Å². The van der Waals surface area contributed by atoms with Gasteiger partial charge in [-0.2, -0.15) is 0 Å². The van der Waals surface area contributed by atoms with Gasteiger partial charge in [-0.3, -0.25) is 4.79 Å². The minimum Gasteiger partial charge on any atom is -0.480 e. The Balaban J connectivity index is 2.81. The molecule has 6 heteroatoms. The van der Waals surface area contributed by atoms with Crippen molar-refractivity contribution in [2.45, 2.75) is 32.7 Å². The van der Waals surface area contributed by atoms with Crippen molar-refractivity contribution in [3.05, 3.63) is 16.1 Å². The lowest BCUT2D eigenvalue weighted by Crippen LogP contribution is -2.51. The number of nitrogens with zero attached hydrogens (tertiary/aromatic N) is 1. The highest BCUT2D eigenvalue weighted by atomic mass is 32.1. The van der Waals surface area contributed by atoms with Gasteiger partial charge in [-0.05, 0) is 20.3 Å². The Bertz CT molecular complexity index is 416. The van der Waals surface area contributed by atoms with Gasteiger partial charge in [0.05, 0.1) is 5.01 Å². The first-order chi connectivity index (χ1) is 7.39. The molecule has 1 aromatic rings. The predicted octanol–water partition coefficient (Wildman–Crippen LogP) is 1.43. The van der Waals surface area contributed by atoms with Gasteiger partial charge in [0.2, 0.25) is 0 Å². The Kier molecular flexibility index (Phi) is 3.64. The average Bonchev–Trinajstić information content (AvgIpc) is 2.64. The van der Waals surface area contributed by atoms with Crippen LogP contribution >= 0.6 is 11.3 Å². The van der Waals surface area contributed by atoms with Crippen LogP contribution in [0.1, 0.15) is 35.8 Å². The number of aliphatic carboxylic acids is 1. The minimum absolute atomic E-state index is 0.267. The second-order valence-corrected chi connectivity index (χ2v) is 4.76. The molecule has 0 spiro atoms. The van der Waals surface area contributed by atoms with Gasteiger partial charge in [0.15, 0.2) is 0 Å². The first-order valence-electron chi connectivity index (χ1n) is 4.87. The van der Waals surface area contributed by atoms with Crippen LogP contribution in [-0.4, -0.2) is 27.5 Å². The second kappa shape index (κ2) is 4.61. The quantitative estimate of drug-likeness (QED) is 0.837. The van der Waals surface area contributed by atoms with Gasteiger partial charge in [-0.1, -0.05) is 6.92 Å². The lowest BCUT2D eigenvalue weighted by molar-refractivity contribution is -0.143. The molecule has 1 unspecified atom stereocenters. The topological polar surface area (TPSA) is 79.3 Å². The molecule has 0 saturated carbocycles. The van der Waals surface area contributed by atoms with E-state index in [2.05, 4.69) is 10.3 Å². The van der Waals surface area contributed by atoms with E-state index >= 15 is 0 Å². The van der Waals surface area contributed by atoms with Crippen molar-refractivity contribution in [1.82, 2.24) is 10.3 Å². The van der Waals surface area contributed by atoms with E-state index in [0.29, 0.717) is 6.42 Å². The summed E-state index contributed by atoms with van der Waals surface area (Å²) in [5, 5.41) is 13.9. The standard InChI is InChI=1S/C10H14N2O3S/c1-4-10(3,9(14)15)12-8(13)7-5-16-6(2)11-7/h5H,4H2,1-3H3,(H,12,13)(H,14,15). The first kappa shape index (κ1) is 12.6. The molecule has 0 radical (unpaired) electrons. The number of rotatable bonds is 4. The third-order valence-electron chi connectivity index (χ3n) is 2.42. The van der Waals surface area contributed by atoms with Gasteiger partial charge in [-0.25, -0.2) is 9.78 Å². The van der Waals surface area contributed by atoms with Crippen molar-refractivity contribution in [3.63, 3.8) is 0 Å². The Hall–Kier alpha value is -1.43. The Morgan fingerprint density at radius 1 is 1.62 bits per heavy atom. The summed E-state index contributed by atoms with van der Waals surface area (Å²) in [5.74, 6) is -1.49. The van der Waals surface area contributed by atoms with Crippen LogP contribution in [0.25, 0.3) is 0 Å². The molecule has 0 saturated heterocycles. The van der Waals surface area contributed by atoms with Crippen molar-refractivity contribution in [3.8, 4) is 0 Å². The molecule has 88 valence electrons. The average molecular weight is 242 g/mol. The molecular weight excluding hydrogens is 228 g/mol. The largest absolute Gasteiger partial charge is 0.480 e. The number of hydrogen-bond acceptors (Lipinski definition) is 4. The number of hydrogen-bond donors (Lipinski definition) is 2. The monoisotopic (exact) mass is 242 g/mol. The maximum Gasteiger partial charge on any atom is 0.329 e. The highest BCUT2D eigenvalue weighted by molar-refractivity contribution is 7.09. The Morgan fingerprint density at radius 3 is 2.62 bits per heavy atom. The van der Waals surface area contributed by atoms with E-state index in [1.807, 2.05) is 0 Å². The van der Waals surface area contributed by atoms with E-state index in [4.69, 9.17) is 5.11 Å². The molecule has 2 N–H and O–H groups in total. The third-order valence-corrected chi connectivity index (χ3v) is 3.19. The fourth-order valence-corrected chi connectivity index (χ4v) is 1.67. The minimum atomic E-state index is -1.24. The maximum atomic E-state index is 11.7. The molecule has 1 atom stereocenters. The van der Waals surface area contributed by atoms with Crippen molar-refractivity contribution in [2.75, 3.05) is 0 Å². The first-order valence-corrected chi connectivity index (χ1v) is 5.75. The second-order valence-electron chi connectivity index (χ2n) is 3.70. The number of carboxylic acid groups (broad SMARTS) is 1. The van der Waals surface area contributed by atoms with Crippen LogP contribution in [0.2, 0.25) is 0 Å². The predicted molar refractivity (Wildman–Crippen MR) is 60.6 cm³/mol. The normalized spacial score (nSPS) is 14.2. The van der Waals surface area contributed by atoms with Crippen LogP contribution in [0.3, 0.4) is 0 Å². The van der Waals surface area contributed by atoms with Crippen LogP contribution in [0.15, 0.2) is 5.38 Å². The SMILES string of the molecule is CCC(C)(NC(=O)c1csc(C)n1)C(=O)O. The van der Waals surface area contributed by atoms with Gasteiger partial charge in [0.1, 0.15) is 11.2 Å². The number of thiazole rings is 1. The molecule has 5 nitrogen and oxygen atoms in total. The zero-order valence-electron chi connectivity index (χ0n) is 9.40. The van der Waals surface area contributed by atoms with Crippen molar-refractivity contribution in [2.24, 2.45) is 0 Å². The molecule has 0 bridgehead atoms. The summed E-state index contributed by atoms with van der Waals surface area (Å²) in [5.41, 5.74) is -0.974. The molecule has 0 fully saturated rings. The number of carbonyl (C=O) groups is 2. The van der Waals surface area contributed by atoms with Crippen LogP contribution in [0.4, 0.5) is 0 Å². The van der Waals surface area contributed by atoms with E-state index in [0.717, 1.165) is 5.01 Å². The van der Waals surface area contributed by atoms with E-state index in [-0.39, 0.29) is 5.69 Å². The highest BCUT2D eigenvalue weighted by Gasteiger charge is 2.33. The summed E-state index contributed by atoms with van der Waals surface area (Å²) in [6, 6.07) is 0. The molecule has 16 heavy (non-hydrogen) atoms. The molecule has 0 aliphatic heterocycles. The van der Waals surface area contributed by atoms with Gasteiger partial charge >= 0.3 is 5.97 Å². The zero-order valence-corrected chi connectivity index (χ0v) is 10.2. The van der Waals surface area contributed by atoms with Crippen LogP contribution < -0.4 is 5.32 Å². The Labute approximate surface area is 97.5 Å². The number of carboxylic acids is 1. The molecular formula is C10H14N2O3S. The van der Waals surface area contributed by atoms with Gasteiger partial charge in [0, 0.05) is 5.38 Å². The van der Waals surface area contributed by atoms with Crippen LogP contribution in [0.5, 0.6) is 0 Å². The van der Waals surface area contributed by atoms with Crippen LogP contribution in [0, 0.1) is 6.92 Å². The van der Waals surface area contributed by atoms with Crippen molar-refractivity contribution in [1.29, 1.82) is 0 Å². The lowest BCUT2D eigenvalue weighted by Gasteiger charge is -2.23. The Morgan fingerprint density at radius 2 is 2.25 bits per heavy atom. The van der Waals surface area contributed by atoms with E-state index in [9.17, 15) is 9.59 Å². The number of aryl methyl sites for hydroxylation is 1. The van der Waals surface area contributed by atoms with Crippen molar-refractivity contribution >= 4 is 23.2 Å². The summed E-state index contributed by atoms with van der Waals surface area (Å²) in [6.07, 6.45) is 0.317. The summed E-state index contributed by atoms with van der Waals surface area (Å²) in [6.45, 7) is 4.98. The summed E-state index contributed by atoms with van der Waals surface area (Å²) in [4.78, 5) is 26.7.